The van der Waals surface area contributed by atoms with Crippen molar-refractivity contribution in [1.82, 2.24) is 24.8 Å². The molecule has 1 aliphatic rings. The minimum absolute atomic E-state index is 0.219. The van der Waals surface area contributed by atoms with Crippen LogP contribution in [0.2, 0.25) is 0 Å². The minimum Gasteiger partial charge on any atom is -0.354 e. The molecule has 5 rings (SSSR count). The largest absolute Gasteiger partial charge is 0.354 e. The molecule has 9 heteroatoms. The van der Waals surface area contributed by atoms with Gasteiger partial charge in [0.2, 0.25) is 0 Å². The third-order valence-corrected chi connectivity index (χ3v) is 6.46. The number of hydrogen-bond donors (Lipinski definition) is 1. The summed E-state index contributed by atoms with van der Waals surface area (Å²) in [5.41, 5.74) is 2.18. The highest BCUT2D eigenvalue weighted by atomic mass is 32.1. The first kappa shape index (κ1) is 20.5. The van der Waals surface area contributed by atoms with Gasteiger partial charge < -0.3 is 15.1 Å². The number of aromatic nitrogens is 4. The van der Waals surface area contributed by atoms with Crippen LogP contribution in [-0.4, -0.2) is 64.0 Å². The number of rotatable bonds is 4. The highest BCUT2D eigenvalue weighted by molar-refractivity contribution is 7.15. The van der Waals surface area contributed by atoms with Gasteiger partial charge in [-0.3, -0.25) is 4.79 Å². The molecule has 1 saturated heterocycles. The zero-order valence-electron chi connectivity index (χ0n) is 17.9. The van der Waals surface area contributed by atoms with Crippen molar-refractivity contribution < 1.29 is 4.79 Å². The predicted octanol–water partition coefficient (Wildman–Crippen LogP) is 3.46. The Morgan fingerprint density at radius 1 is 1.03 bits per heavy atom. The fourth-order valence-electron chi connectivity index (χ4n) is 3.66. The maximum Gasteiger partial charge on any atom is 0.257 e. The number of aryl methyl sites for hydroxylation is 1. The third-order valence-electron chi connectivity index (χ3n) is 5.52. The van der Waals surface area contributed by atoms with Gasteiger partial charge in [-0.2, -0.15) is 0 Å². The van der Waals surface area contributed by atoms with E-state index in [1.807, 2.05) is 31.3 Å². The summed E-state index contributed by atoms with van der Waals surface area (Å²) in [6.45, 7) is 5.73. The summed E-state index contributed by atoms with van der Waals surface area (Å²) in [6, 6.07) is 9.30. The Balaban J connectivity index is 1.36. The number of fused-ring (bicyclic) bond motifs is 1. The van der Waals surface area contributed by atoms with Crippen molar-refractivity contribution in [3.8, 4) is 10.6 Å². The van der Waals surface area contributed by atoms with E-state index in [0.717, 1.165) is 58.5 Å². The van der Waals surface area contributed by atoms with Crippen molar-refractivity contribution in [2.24, 2.45) is 0 Å². The molecule has 0 spiro atoms. The van der Waals surface area contributed by atoms with Crippen molar-refractivity contribution >= 4 is 39.8 Å². The van der Waals surface area contributed by atoms with Gasteiger partial charge in [-0.05, 0) is 38.2 Å². The lowest BCUT2D eigenvalue weighted by Gasteiger charge is -2.33. The normalized spacial score (nSPS) is 14.6. The Morgan fingerprint density at radius 2 is 1.88 bits per heavy atom. The van der Waals surface area contributed by atoms with Crippen molar-refractivity contribution in [2.75, 3.05) is 43.4 Å². The summed E-state index contributed by atoms with van der Waals surface area (Å²) in [5.74, 6) is 1.07. The molecule has 0 unspecified atom stereocenters. The summed E-state index contributed by atoms with van der Waals surface area (Å²) in [4.78, 5) is 36.3. The summed E-state index contributed by atoms with van der Waals surface area (Å²) < 4.78 is 0. The fourth-order valence-corrected chi connectivity index (χ4v) is 4.41. The number of nitrogens with zero attached hydrogens (tertiary/aromatic N) is 6. The number of likely N-dealkylation sites (N-methyl/N-ethyl adjacent to an activating group) is 1. The van der Waals surface area contributed by atoms with Crippen LogP contribution in [0.1, 0.15) is 15.4 Å². The topological polar surface area (TPSA) is 87.1 Å². The average Bonchev–Trinajstić information content (AvgIpc) is 3.25. The van der Waals surface area contributed by atoms with E-state index < -0.39 is 0 Å². The van der Waals surface area contributed by atoms with Crippen LogP contribution in [0.3, 0.4) is 0 Å². The number of carbonyl (C=O) groups is 1. The molecule has 0 bridgehead atoms. The van der Waals surface area contributed by atoms with Crippen LogP contribution in [-0.2, 0) is 0 Å². The molecular formula is C23H23N7OS. The molecule has 0 saturated carbocycles. The summed E-state index contributed by atoms with van der Waals surface area (Å²) in [7, 11) is 2.11. The highest BCUT2D eigenvalue weighted by Crippen LogP contribution is 2.26. The Labute approximate surface area is 190 Å². The fraction of sp³-hybridized carbons (Fsp3) is 0.261. The summed E-state index contributed by atoms with van der Waals surface area (Å²) >= 11 is 1.60. The molecule has 1 N–H and O–H groups in total. The van der Waals surface area contributed by atoms with Gasteiger partial charge >= 0.3 is 0 Å². The molecule has 0 atom stereocenters. The van der Waals surface area contributed by atoms with Gasteiger partial charge in [-0.1, -0.05) is 0 Å². The van der Waals surface area contributed by atoms with Crippen LogP contribution in [0.15, 0.2) is 48.9 Å². The quantitative estimate of drug-likeness (QED) is 0.515. The van der Waals surface area contributed by atoms with Crippen LogP contribution in [0.4, 0.5) is 11.6 Å². The molecular weight excluding hydrogens is 422 g/mol. The average molecular weight is 446 g/mol. The van der Waals surface area contributed by atoms with Crippen molar-refractivity contribution in [3.63, 3.8) is 0 Å². The van der Waals surface area contributed by atoms with Gasteiger partial charge in [-0.15, -0.1) is 11.3 Å². The van der Waals surface area contributed by atoms with E-state index >= 15 is 0 Å². The second-order valence-electron chi connectivity index (χ2n) is 7.85. The number of pyridine rings is 3. The molecule has 5 heterocycles. The van der Waals surface area contributed by atoms with Gasteiger partial charge in [0, 0.05) is 61.8 Å². The smallest absolute Gasteiger partial charge is 0.257 e. The number of nitrogens with one attached hydrogen (secondary N) is 1. The van der Waals surface area contributed by atoms with Gasteiger partial charge in [-0.25, -0.2) is 19.9 Å². The number of anilines is 2. The first-order valence-electron chi connectivity index (χ1n) is 10.5. The third kappa shape index (κ3) is 4.30. The molecule has 1 fully saturated rings. The molecule has 162 valence electrons. The van der Waals surface area contributed by atoms with Gasteiger partial charge in [0.15, 0.2) is 0 Å². The van der Waals surface area contributed by atoms with Gasteiger partial charge in [0.1, 0.15) is 11.6 Å². The van der Waals surface area contributed by atoms with Crippen molar-refractivity contribution in [1.29, 1.82) is 0 Å². The maximum atomic E-state index is 12.9. The number of carbonyl (C=O) groups excluding carboxylic acids is 1. The van der Waals surface area contributed by atoms with E-state index in [4.69, 9.17) is 4.98 Å². The minimum atomic E-state index is -0.219. The van der Waals surface area contributed by atoms with Crippen LogP contribution < -0.4 is 10.2 Å². The van der Waals surface area contributed by atoms with Crippen LogP contribution in [0.5, 0.6) is 0 Å². The zero-order valence-corrected chi connectivity index (χ0v) is 18.8. The SMILES string of the molecule is Cc1ncc(-c2ccc3cnc(NC(=O)c4ccnc(N5CCN(C)CC5)c4)cc3n2)s1. The van der Waals surface area contributed by atoms with Crippen LogP contribution >= 0.6 is 11.3 Å². The van der Waals surface area contributed by atoms with E-state index in [1.54, 1.807) is 35.9 Å². The molecule has 0 radical (unpaired) electrons. The summed E-state index contributed by atoms with van der Waals surface area (Å²) in [6.07, 6.45) is 5.24. The number of amides is 1. The molecule has 0 aliphatic carbocycles. The zero-order chi connectivity index (χ0) is 22.1. The van der Waals surface area contributed by atoms with Gasteiger partial charge in [0.05, 0.1) is 21.1 Å². The number of hydrogen-bond acceptors (Lipinski definition) is 8. The molecule has 4 aromatic rings. The Morgan fingerprint density at radius 3 is 2.66 bits per heavy atom. The number of piperazine rings is 1. The lowest BCUT2D eigenvalue weighted by Crippen LogP contribution is -2.44. The molecule has 0 aromatic carbocycles. The van der Waals surface area contributed by atoms with Gasteiger partial charge in [0.25, 0.3) is 5.91 Å². The molecule has 8 nitrogen and oxygen atoms in total. The Kier molecular flexibility index (Phi) is 5.50. The standard InChI is InChI=1S/C23H23N7OS/c1-15-25-14-20(32-15)18-4-3-17-13-26-21(12-19(17)27-18)28-23(31)16-5-6-24-22(11-16)30-9-7-29(2)8-10-30/h3-6,11-14H,7-10H2,1-2H3,(H,26,28,31). The monoisotopic (exact) mass is 445 g/mol. The van der Waals surface area contributed by atoms with E-state index in [9.17, 15) is 4.79 Å². The van der Waals surface area contributed by atoms with Crippen LogP contribution in [0.25, 0.3) is 21.5 Å². The Hall–Kier alpha value is -3.43. The highest BCUT2D eigenvalue weighted by Gasteiger charge is 2.17. The van der Waals surface area contributed by atoms with E-state index in [1.165, 1.54) is 0 Å². The summed E-state index contributed by atoms with van der Waals surface area (Å²) in [5, 5.41) is 4.81. The first-order chi connectivity index (χ1) is 15.5. The molecule has 32 heavy (non-hydrogen) atoms. The second kappa shape index (κ2) is 8.60. The molecule has 1 amide bonds. The van der Waals surface area contributed by atoms with E-state index in [-0.39, 0.29) is 5.91 Å². The van der Waals surface area contributed by atoms with Crippen LogP contribution in [0, 0.1) is 6.92 Å². The number of thiazole rings is 1. The van der Waals surface area contributed by atoms with E-state index in [0.29, 0.717) is 11.4 Å². The Bertz CT molecular complexity index is 1280. The van der Waals surface area contributed by atoms with Crippen molar-refractivity contribution in [2.45, 2.75) is 6.92 Å². The lowest BCUT2D eigenvalue weighted by molar-refractivity contribution is 0.102. The predicted molar refractivity (Wildman–Crippen MR) is 127 cm³/mol. The first-order valence-corrected chi connectivity index (χ1v) is 11.3. The molecule has 4 aromatic heterocycles. The van der Waals surface area contributed by atoms with Crippen molar-refractivity contribution in [3.05, 3.63) is 59.5 Å². The maximum absolute atomic E-state index is 12.9. The second-order valence-corrected chi connectivity index (χ2v) is 9.08. The lowest BCUT2D eigenvalue weighted by atomic mass is 10.2. The molecule has 1 aliphatic heterocycles. The van der Waals surface area contributed by atoms with E-state index in [2.05, 4.69) is 37.1 Å².